The van der Waals surface area contributed by atoms with Crippen LogP contribution < -0.4 is 4.90 Å². The average molecular weight is 392 g/mol. The van der Waals surface area contributed by atoms with Gasteiger partial charge in [0.25, 0.3) is 0 Å². The number of aromatic nitrogens is 2. The monoisotopic (exact) mass is 391 g/mol. The number of anilines is 1. The number of nitrogens with zero attached hydrogens (tertiary/aromatic N) is 3. The highest BCUT2D eigenvalue weighted by Gasteiger charge is 2.26. The number of halogens is 1. The number of thioether (sulfide) groups is 1. The molecular weight excluding hydrogens is 370 g/mol. The van der Waals surface area contributed by atoms with Crippen molar-refractivity contribution in [2.24, 2.45) is 5.92 Å². The van der Waals surface area contributed by atoms with Crippen molar-refractivity contribution >= 4 is 35.1 Å². The predicted octanol–water partition coefficient (Wildman–Crippen LogP) is 4.20. The van der Waals surface area contributed by atoms with E-state index < -0.39 is 0 Å². The van der Waals surface area contributed by atoms with E-state index in [9.17, 15) is 4.79 Å². The van der Waals surface area contributed by atoms with Crippen molar-refractivity contribution in [3.63, 3.8) is 0 Å². The van der Waals surface area contributed by atoms with Crippen molar-refractivity contribution in [1.82, 2.24) is 9.97 Å². The van der Waals surface area contributed by atoms with Gasteiger partial charge in [-0.2, -0.15) is 0 Å². The molecule has 0 amide bonds. The first-order chi connectivity index (χ1) is 12.7. The van der Waals surface area contributed by atoms with Gasteiger partial charge in [0.05, 0.1) is 12.5 Å². The standard InChI is InChI=1S/C19H22ClN3O2S/c1-2-25-19(24)15-7-9-23(10-8-15)17-11-18(22-13-21-17)26-12-14-3-5-16(20)6-4-14/h3-6,11,13,15H,2,7-10,12H2,1H3. The van der Waals surface area contributed by atoms with Crippen LogP contribution in [0.25, 0.3) is 0 Å². The van der Waals surface area contributed by atoms with Gasteiger partial charge in [0, 0.05) is 29.9 Å². The fourth-order valence-electron chi connectivity index (χ4n) is 2.92. The third-order valence-electron chi connectivity index (χ3n) is 4.37. The molecule has 0 radical (unpaired) electrons. The van der Waals surface area contributed by atoms with Gasteiger partial charge in [-0.15, -0.1) is 11.8 Å². The zero-order chi connectivity index (χ0) is 18.4. The molecule has 0 unspecified atom stereocenters. The van der Waals surface area contributed by atoms with Crippen molar-refractivity contribution in [2.45, 2.75) is 30.5 Å². The second-order valence-corrected chi connectivity index (χ2v) is 7.58. The van der Waals surface area contributed by atoms with Crippen LogP contribution in [0.5, 0.6) is 0 Å². The number of benzene rings is 1. The normalized spacial score (nSPS) is 15.1. The largest absolute Gasteiger partial charge is 0.466 e. The minimum absolute atomic E-state index is 0.00628. The van der Waals surface area contributed by atoms with E-state index in [0.29, 0.717) is 6.61 Å². The molecule has 1 aromatic heterocycles. The Kier molecular flexibility index (Phi) is 6.74. The summed E-state index contributed by atoms with van der Waals surface area (Å²) in [6.45, 7) is 3.90. The SMILES string of the molecule is CCOC(=O)C1CCN(c2cc(SCc3ccc(Cl)cc3)ncn2)CC1. The average Bonchev–Trinajstić information content (AvgIpc) is 2.68. The number of ether oxygens (including phenoxy) is 1. The van der Waals surface area contributed by atoms with Gasteiger partial charge in [0.2, 0.25) is 0 Å². The molecule has 7 heteroatoms. The fourth-order valence-corrected chi connectivity index (χ4v) is 3.87. The third-order valence-corrected chi connectivity index (χ3v) is 5.62. The van der Waals surface area contributed by atoms with E-state index in [1.807, 2.05) is 37.3 Å². The highest BCUT2D eigenvalue weighted by molar-refractivity contribution is 7.98. The highest BCUT2D eigenvalue weighted by atomic mass is 35.5. The summed E-state index contributed by atoms with van der Waals surface area (Å²) in [7, 11) is 0. The first kappa shape index (κ1) is 19.0. The number of hydrogen-bond acceptors (Lipinski definition) is 6. The minimum atomic E-state index is -0.0750. The molecule has 1 aliphatic heterocycles. The predicted molar refractivity (Wildman–Crippen MR) is 105 cm³/mol. The molecule has 1 fully saturated rings. The maximum atomic E-state index is 11.9. The van der Waals surface area contributed by atoms with E-state index in [1.165, 1.54) is 5.56 Å². The van der Waals surface area contributed by atoms with Gasteiger partial charge in [-0.1, -0.05) is 23.7 Å². The number of esters is 1. The third kappa shape index (κ3) is 5.11. The lowest BCUT2D eigenvalue weighted by Gasteiger charge is -2.31. The van der Waals surface area contributed by atoms with Crippen LogP contribution in [-0.2, 0) is 15.3 Å². The van der Waals surface area contributed by atoms with Crippen molar-refractivity contribution in [3.05, 3.63) is 47.2 Å². The highest BCUT2D eigenvalue weighted by Crippen LogP contribution is 2.27. The second kappa shape index (κ2) is 9.24. The first-order valence-electron chi connectivity index (χ1n) is 8.76. The van der Waals surface area contributed by atoms with Crippen LogP contribution in [0.15, 0.2) is 41.7 Å². The van der Waals surface area contributed by atoms with E-state index in [2.05, 4.69) is 14.9 Å². The van der Waals surface area contributed by atoms with E-state index in [-0.39, 0.29) is 11.9 Å². The van der Waals surface area contributed by atoms with Gasteiger partial charge < -0.3 is 9.64 Å². The number of carbonyl (C=O) groups is 1. The Balaban J connectivity index is 1.56. The van der Waals surface area contributed by atoms with Gasteiger partial charge in [0.1, 0.15) is 17.2 Å². The molecular formula is C19H22ClN3O2S. The van der Waals surface area contributed by atoms with Gasteiger partial charge in [0.15, 0.2) is 0 Å². The summed E-state index contributed by atoms with van der Waals surface area (Å²) in [5.74, 6) is 1.68. The fraction of sp³-hybridized carbons (Fsp3) is 0.421. The molecule has 138 valence electrons. The van der Waals surface area contributed by atoms with Crippen LogP contribution in [0, 0.1) is 5.92 Å². The zero-order valence-electron chi connectivity index (χ0n) is 14.7. The second-order valence-electron chi connectivity index (χ2n) is 6.14. The van der Waals surface area contributed by atoms with Crippen molar-refractivity contribution in [2.75, 3.05) is 24.6 Å². The zero-order valence-corrected chi connectivity index (χ0v) is 16.3. The topological polar surface area (TPSA) is 55.3 Å². The lowest BCUT2D eigenvalue weighted by atomic mass is 9.97. The number of piperidine rings is 1. The van der Waals surface area contributed by atoms with Crippen LogP contribution >= 0.6 is 23.4 Å². The number of carbonyl (C=O) groups excluding carboxylic acids is 1. The lowest BCUT2D eigenvalue weighted by Crippen LogP contribution is -2.37. The molecule has 0 saturated carbocycles. The van der Waals surface area contributed by atoms with Gasteiger partial charge in [-0.25, -0.2) is 9.97 Å². The van der Waals surface area contributed by atoms with Crippen molar-refractivity contribution in [1.29, 1.82) is 0 Å². The molecule has 26 heavy (non-hydrogen) atoms. The van der Waals surface area contributed by atoms with E-state index >= 15 is 0 Å². The smallest absolute Gasteiger partial charge is 0.309 e. The molecule has 1 aromatic carbocycles. The van der Waals surface area contributed by atoms with Crippen molar-refractivity contribution < 1.29 is 9.53 Å². The molecule has 0 N–H and O–H groups in total. The van der Waals surface area contributed by atoms with Gasteiger partial charge in [-0.05, 0) is 37.5 Å². The van der Waals surface area contributed by atoms with E-state index in [0.717, 1.165) is 47.6 Å². The molecule has 0 aliphatic carbocycles. The molecule has 0 atom stereocenters. The van der Waals surface area contributed by atoms with E-state index in [1.54, 1.807) is 18.1 Å². The molecule has 1 saturated heterocycles. The van der Waals surface area contributed by atoms with Crippen molar-refractivity contribution in [3.8, 4) is 0 Å². The van der Waals surface area contributed by atoms with Crippen LogP contribution in [0.3, 0.4) is 0 Å². The Hall–Kier alpha value is -1.79. The summed E-state index contributed by atoms with van der Waals surface area (Å²) in [6.07, 6.45) is 3.21. The maximum absolute atomic E-state index is 11.9. The van der Waals surface area contributed by atoms with Crippen LogP contribution in [0.2, 0.25) is 5.02 Å². The number of rotatable bonds is 6. The minimum Gasteiger partial charge on any atom is -0.466 e. The summed E-state index contributed by atoms with van der Waals surface area (Å²) >= 11 is 7.60. The molecule has 0 spiro atoms. The van der Waals surface area contributed by atoms with Crippen LogP contribution in [0.4, 0.5) is 5.82 Å². The maximum Gasteiger partial charge on any atom is 0.309 e. The molecule has 0 bridgehead atoms. The Morgan fingerprint density at radius 3 is 2.69 bits per heavy atom. The molecule has 1 aliphatic rings. The summed E-state index contributed by atoms with van der Waals surface area (Å²) in [5, 5.41) is 1.69. The van der Waals surface area contributed by atoms with Gasteiger partial charge >= 0.3 is 5.97 Å². The Morgan fingerprint density at radius 1 is 1.27 bits per heavy atom. The molecule has 5 nitrogen and oxygen atoms in total. The Labute approximate surface area is 163 Å². The number of hydrogen-bond donors (Lipinski definition) is 0. The molecule has 2 heterocycles. The van der Waals surface area contributed by atoms with E-state index in [4.69, 9.17) is 16.3 Å². The lowest BCUT2D eigenvalue weighted by molar-refractivity contribution is -0.148. The molecule has 3 rings (SSSR count). The van der Waals surface area contributed by atoms with Crippen LogP contribution in [0.1, 0.15) is 25.3 Å². The summed E-state index contributed by atoms with van der Waals surface area (Å²) in [4.78, 5) is 22.8. The summed E-state index contributed by atoms with van der Waals surface area (Å²) in [5.41, 5.74) is 1.20. The Bertz CT molecular complexity index is 734. The summed E-state index contributed by atoms with van der Waals surface area (Å²) in [6, 6.07) is 9.87. The van der Waals surface area contributed by atoms with Crippen LogP contribution in [-0.4, -0.2) is 35.6 Å². The quantitative estimate of drug-likeness (QED) is 0.418. The molecule has 2 aromatic rings. The first-order valence-corrected chi connectivity index (χ1v) is 10.1. The summed E-state index contributed by atoms with van der Waals surface area (Å²) < 4.78 is 5.13. The Morgan fingerprint density at radius 2 is 2.00 bits per heavy atom. The van der Waals surface area contributed by atoms with Gasteiger partial charge in [-0.3, -0.25) is 4.79 Å².